The van der Waals surface area contributed by atoms with Gasteiger partial charge in [-0.05, 0) is 55.2 Å². The van der Waals surface area contributed by atoms with Gasteiger partial charge in [0.15, 0.2) is 0 Å². The zero-order chi connectivity index (χ0) is 21.4. The third-order valence-electron chi connectivity index (χ3n) is 5.17. The first-order valence-electron chi connectivity index (χ1n) is 9.90. The highest BCUT2D eigenvalue weighted by atomic mass is 19.1. The molecule has 0 spiro atoms. The summed E-state index contributed by atoms with van der Waals surface area (Å²) in [5, 5.41) is 8.70. The molecule has 5 N–H and O–H groups in total. The lowest BCUT2D eigenvalue weighted by molar-refractivity contribution is 0.250. The molecule has 8 nitrogen and oxygen atoms in total. The van der Waals surface area contributed by atoms with E-state index in [2.05, 4.69) is 25.9 Å². The molecule has 0 bridgehead atoms. The van der Waals surface area contributed by atoms with E-state index in [0.717, 1.165) is 11.3 Å². The van der Waals surface area contributed by atoms with Crippen LogP contribution in [0.2, 0.25) is 0 Å². The van der Waals surface area contributed by atoms with E-state index in [-0.39, 0.29) is 12.1 Å². The molecule has 0 fully saturated rings. The maximum absolute atomic E-state index is 15.3. The molecule has 2 aromatic heterocycles. The van der Waals surface area contributed by atoms with Crippen LogP contribution in [0.1, 0.15) is 42.1 Å². The molecule has 1 aliphatic heterocycles. The van der Waals surface area contributed by atoms with Crippen LogP contribution in [0, 0.1) is 6.92 Å². The molecule has 0 radical (unpaired) electrons. The second-order valence-corrected chi connectivity index (χ2v) is 7.73. The number of fused-ring (bicyclic) bond motifs is 2. The topological polar surface area (TPSA) is 114 Å². The highest BCUT2D eigenvalue weighted by molar-refractivity contribution is 5.92. The van der Waals surface area contributed by atoms with E-state index in [1.54, 1.807) is 18.3 Å². The first-order chi connectivity index (χ1) is 14.3. The third kappa shape index (κ3) is 3.68. The molecule has 2 amide bonds. The quantitative estimate of drug-likeness (QED) is 0.616. The van der Waals surface area contributed by atoms with Crippen molar-refractivity contribution in [2.24, 2.45) is 5.73 Å². The molecule has 0 aromatic carbocycles. The van der Waals surface area contributed by atoms with Crippen molar-refractivity contribution in [2.45, 2.75) is 39.0 Å². The Balaban J connectivity index is 1.71. The number of carbonyl (C=O) groups excluding carboxylic acids is 1. The number of alkyl halides is 1. The van der Waals surface area contributed by atoms with Gasteiger partial charge in [-0.15, -0.1) is 0 Å². The molecular formula is C21H25FN6O2. The molecule has 9 heteroatoms. The highest BCUT2D eigenvalue weighted by Crippen LogP contribution is 2.41. The summed E-state index contributed by atoms with van der Waals surface area (Å²) >= 11 is 0. The van der Waals surface area contributed by atoms with Gasteiger partial charge in [-0.3, -0.25) is 5.32 Å². The van der Waals surface area contributed by atoms with Crippen molar-refractivity contribution in [2.75, 3.05) is 23.8 Å². The number of rotatable bonds is 3. The second-order valence-electron chi connectivity index (χ2n) is 7.73. The average Bonchev–Trinajstić information content (AvgIpc) is 2.71. The Morgan fingerprint density at radius 3 is 2.93 bits per heavy atom. The zero-order valence-electron chi connectivity index (χ0n) is 17.1. The first kappa shape index (κ1) is 20.1. The van der Waals surface area contributed by atoms with Crippen LogP contribution in [0.5, 0.6) is 5.88 Å². The Morgan fingerprint density at radius 2 is 2.17 bits per heavy atom. The predicted octanol–water partition coefficient (Wildman–Crippen LogP) is 3.01. The number of amides is 2. The summed E-state index contributed by atoms with van der Waals surface area (Å²) in [5.41, 5.74) is 10.2. The van der Waals surface area contributed by atoms with Gasteiger partial charge in [0.1, 0.15) is 24.3 Å². The standard InChI is InChI=1S/C21H25FN6O2/c1-10(2)27-21(29)28-16-7-12-6-13(17(22)18(23)15(12)9-25-16)14-8-26-20-19(11(14)3)24-4-5-30-20/h6-10,17-18,24H,4-5,23H2,1-3H3,(H2,25,27,28,29). The van der Waals surface area contributed by atoms with E-state index < -0.39 is 12.2 Å². The summed E-state index contributed by atoms with van der Waals surface area (Å²) in [6.45, 7) is 6.84. The fourth-order valence-electron chi connectivity index (χ4n) is 3.70. The number of pyridine rings is 2. The van der Waals surface area contributed by atoms with Crippen molar-refractivity contribution >= 4 is 29.2 Å². The molecule has 30 heavy (non-hydrogen) atoms. The number of hydrogen-bond donors (Lipinski definition) is 4. The van der Waals surface area contributed by atoms with Gasteiger partial charge in [-0.2, -0.15) is 0 Å². The molecule has 158 valence electrons. The number of carbonyl (C=O) groups is 1. The van der Waals surface area contributed by atoms with Crippen LogP contribution in [0.3, 0.4) is 0 Å². The molecule has 0 saturated carbocycles. The number of aromatic nitrogens is 2. The molecule has 4 rings (SSSR count). The minimum atomic E-state index is -1.41. The number of nitrogens with two attached hydrogens (primary N) is 1. The minimum Gasteiger partial charge on any atom is -0.474 e. The molecule has 2 atom stereocenters. The normalized spacial score (nSPS) is 19.7. The Bertz CT molecular complexity index is 1020. The van der Waals surface area contributed by atoms with E-state index in [0.29, 0.717) is 47.1 Å². The van der Waals surface area contributed by atoms with Crippen molar-refractivity contribution < 1.29 is 13.9 Å². The van der Waals surface area contributed by atoms with Crippen molar-refractivity contribution in [3.63, 3.8) is 0 Å². The fraction of sp³-hybridized carbons (Fsp3) is 0.381. The van der Waals surface area contributed by atoms with Crippen molar-refractivity contribution in [3.05, 3.63) is 40.7 Å². The van der Waals surface area contributed by atoms with Crippen LogP contribution in [0.25, 0.3) is 11.6 Å². The van der Waals surface area contributed by atoms with Gasteiger partial charge < -0.3 is 21.1 Å². The van der Waals surface area contributed by atoms with Crippen LogP contribution >= 0.6 is 0 Å². The van der Waals surface area contributed by atoms with Crippen LogP contribution in [0.15, 0.2) is 18.5 Å². The number of hydrogen-bond acceptors (Lipinski definition) is 6. The van der Waals surface area contributed by atoms with Gasteiger partial charge in [0.05, 0.1) is 6.04 Å². The monoisotopic (exact) mass is 412 g/mol. The largest absolute Gasteiger partial charge is 0.474 e. The van der Waals surface area contributed by atoms with Gasteiger partial charge in [0.25, 0.3) is 0 Å². The smallest absolute Gasteiger partial charge is 0.320 e. The van der Waals surface area contributed by atoms with Crippen LogP contribution in [-0.4, -0.2) is 41.4 Å². The number of urea groups is 1. The van der Waals surface area contributed by atoms with Crippen molar-refractivity contribution in [1.29, 1.82) is 0 Å². The first-order valence-corrected chi connectivity index (χ1v) is 9.90. The van der Waals surface area contributed by atoms with Gasteiger partial charge in [0.2, 0.25) is 5.88 Å². The van der Waals surface area contributed by atoms with Crippen LogP contribution < -0.4 is 26.4 Å². The number of halogens is 1. The molecular weight excluding hydrogens is 387 g/mol. The van der Waals surface area contributed by atoms with Crippen molar-refractivity contribution in [1.82, 2.24) is 15.3 Å². The van der Waals surface area contributed by atoms with E-state index in [1.165, 1.54) is 6.20 Å². The van der Waals surface area contributed by atoms with E-state index >= 15 is 4.39 Å². The summed E-state index contributed by atoms with van der Waals surface area (Å²) in [6, 6.07) is 0.465. The lowest BCUT2D eigenvalue weighted by Crippen LogP contribution is -2.34. The summed E-state index contributed by atoms with van der Waals surface area (Å²) in [5.74, 6) is 0.883. The summed E-state index contributed by atoms with van der Waals surface area (Å²) in [6.07, 6.45) is 3.47. The van der Waals surface area contributed by atoms with Crippen molar-refractivity contribution in [3.8, 4) is 5.88 Å². The molecule has 1 aliphatic carbocycles. The lowest BCUT2D eigenvalue weighted by Gasteiger charge is -2.29. The average molecular weight is 412 g/mol. The maximum atomic E-state index is 15.3. The highest BCUT2D eigenvalue weighted by Gasteiger charge is 2.32. The number of nitrogens with one attached hydrogen (secondary N) is 3. The molecule has 2 aliphatic rings. The van der Waals surface area contributed by atoms with Gasteiger partial charge >= 0.3 is 6.03 Å². The number of ether oxygens (including phenoxy) is 1. The minimum absolute atomic E-state index is 0.00748. The number of anilines is 2. The number of nitrogens with zero attached hydrogens (tertiary/aromatic N) is 2. The van der Waals surface area contributed by atoms with Gasteiger partial charge in [0, 0.05) is 30.5 Å². The summed E-state index contributed by atoms with van der Waals surface area (Å²) < 4.78 is 20.9. The van der Waals surface area contributed by atoms with Gasteiger partial charge in [-0.1, -0.05) is 0 Å². The summed E-state index contributed by atoms with van der Waals surface area (Å²) in [4.78, 5) is 20.5. The van der Waals surface area contributed by atoms with E-state index in [4.69, 9.17) is 10.5 Å². The Labute approximate surface area is 174 Å². The SMILES string of the molecule is Cc1c(C2=Cc3cc(NC(=O)NC(C)C)ncc3C(N)C2F)cnc2c1NCCO2. The van der Waals surface area contributed by atoms with E-state index in [9.17, 15) is 4.79 Å². The molecule has 2 unspecified atom stereocenters. The van der Waals surface area contributed by atoms with Crippen LogP contribution in [0.4, 0.5) is 20.7 Å². The third-order valence-corrected chi connectivity index (χ3v) is 5.17. The van der Waals surface area contributed by atoms with Gasteiger partial charge in [-0.25, -0.2) is 19.2 Å². The Kier molecular flexibility index (Phi) is 5.29. The molecule has 3 heterocycles. The van der Waals surface area contributed by atoms with Crippen LogP contribution in [-0.2, 0) is 0 Å². The van der Waals surface area contributed by atoms with E-state index in [1.807, 2.05) is 20.8 Å². The lowest BCUT2D eigenvalue weighted by atomic mass is 9.84. The second kappa shape index (κ2) is 7.91. The Morgan fingerprint density at radius 1 is 1.37 bits per heavy atom. The molecule has 0 saturated heterocycles. The zero-order valence-corrected chi connectivity index (χ0v) is 17.1. The Hall–Kier alpha value is -3.20. The fourth-order valence-corrected chi connectivity index (χ4v) is 3.70. The summed E-state index contributed by atoms with van der Waals surface area (Å²) in [7, 11) is 0. The molecule has 2 aromatic rings. The maximum Gasteiger partial charge on any atom is 0.320 e. The predicted molar refractivity (Wildman–Crippen MR) is 114 cm³/mol.